The van der Waals surface area contributed by atoms with E-state index in [4.69, 9.17) is 4.74 Å². The summed E-state index contributed by atoms with van der Waals surface area (Å²) in [6.07, 6.45) is 1.65. The minimum Gasteiger partial charge on any atom is -0.478 e. The number of amides is 1. The van der Waals surface area contributed by atoms with Crippen molar-refractivity contribution in [1.82, 2.24) is 9.88 Å². The van der Waals surface area contributed by atoms with Gasteiger partial charge in [0.15, 0.2) is 5.54 Å². The molecule has 0 saturated carbocycles. The Morgan fingerprint density at radius 2 is 1.94 bits per heavy atom. The van der Waals surface area contributed by atoms with Gasteiger partial charge < -0.3 is 25.2 Å². The SMILES string of the molecule is CCOc1ncccc1C1(Nc2cccc(N3CCN(C)CC3)c2)C(=O)Nc2ccc(C#N)cc21. The molecule has 0 aliphatic carbocycles. The maximum atomic E-state index is 13.8. The third-order valence-electron chi connectivity index (χ3n) is 6.64. The second kappa shape index (κ2) is 9.28. The molecule has 1 unspecified atom stereocenters. The molecule has 2 aliphatic rings. The number of nitrogens with one attached hydrogen (secondary N) is 2. The van der Waals surface area contributed by atoms with Gasteiger partial charge in [0.1, 0.15) is 0 Å². The number of piperazine rings is 1. The van der Waals surface area contributed by atoms with Crippen molar-refractivity contribution in [2.24, 2.45) is 0 Å². The van der Waals surface area contributed by atoms with Gasteiger partial charge in [0.2, 0.25) is 5.88 Å². The summed E-state index contributed by atoms with van der Waals surface area (Å²) >= 11 is 0. The Balaban J connectivity index is 1.64. The minimum atomic E-state index is -1.32. The fourth-order valence-corrected chi connectivity index (χ4v) is 4.82. The van der Waals surface area contributed by atoms with Crippen LogP contribution >= 0.6 is 0 Å². The van der Waals surface area contributed by atoms with Crippen molar-refractivity contribution < 1.29 is 9.53 Å². The molecule has 3 aromatic rings. The standard InChI is InChI=1S/C27H28N6O2/c1-3-35-25-22(8-5-11-29-25)27(23-16-19(18-28)9-10-24(23)30-26(27)34)31-20-6-4-7-21(17-20)33-14-12-32(2)13-15-33/h4-11,16-17,31H,3,12-15H2,1-2H3,(H,30,34). The number of anilines is 3. The van der Waals surface area contributed by atoms with Crippen LogP contribution in [0.1, 0.15) is 23.6 Å². The fraction of sp³-hybridized carbons (Fsp3) is 0.296. The van der Waals surface area contributed by atoms with Crippen molar-refractivity contribution in [1.29, 1.82) is 5.26 Å². The normalized spacial score (nSPS) is 19.6. The first-order chi connectivity index (χ1) is 17.0. The first kappa shape index (κ1) is 22.7. The third-order valence-corrected chi connectivity index (χ3v) is 6.64. The quantitative estimate of drug-likeness (QED) is 0.573. The van der Waals surface area contributed by atoms with Crippen LogP contribution in [0.25, 0.3) is 0 Å². The van der Waals surface area contributed by atoms with Crippen LogP contribution in [0.3, 0.4) is 0 Å². The molecular formula is C27H28N6O2. The van der Waals surface area contributed by atoms with Gasteiger partial charge in [0.25, 0.3) is 5.91 Å². The number of hydrogen-bond donors (Lipinski definition) is 2. The smallest absolute Gasteiger partial charge is 0.259 e. The number of aromatic nitrogens is 1. The number of benzene rings is 2. The van der Waals surface area contributed by atoms with E-state index in [0.29, 0.717) is 34.9 Å². The molecule has 2 aromatic carbocycles. The zero-order chi connectivity index (χ0) is 24.4. The van der Waals surface area contributed by atoms with E-state index in [1.54, 1.807) is 30.5 Å². The molecule has 1 fully saturated rings. The first-order valence-corrected chi connectivity index (χ1v) is 11.8. The number of likely N-dealkylation sites (N-methyl/N-ethyl adjacent to an activating group) is 1. The fourth-order valence-electron chi connectivity index (χ4n) is 4.82. The molecule has 5 rings (SSSR count). The molecule has 0 spiro atoms. The maximum absolute atomic E-state index is 13.8. The van der Waals surface area contributed by atoms with E-state index in [0.717, 1.165) is 37.6 Å². The Morgan fingerprint density at radius 3 is 2.71 bits per heavy atom. The molecule has 1 amide bonds. The number of nitrogens with zero attached hydrogens (tertiary/aromatic N) is 4. The van der Waals surface area contributed by atoms with E-state index in [9.17, 15) is 10.1 Å². The van der Waals surface area contributed by atoms with Crippen LogP contribution in [0, 0.1) is 11.3 Å². The highest BCUT2D eigenvalue weighted by Gasteiger charge is 2.51. The lowest BCUT2D eigenvalue weighted by atomic mass is 9.83. The van der Waals surface area contributed by atoms with Gasteiger partial charge >= 0.3 is 0 Å². The molecule has 2 N–H and O–H groups in total. The van der Waals surface area contributed by atoms with E-state index in [-0.39, 0.29) is 5.91 Å². The van der Waals surface area contributed by atoms with Crippen LogP contribution in [0.2, 0.25) is 0 Å². The number of carbonyl (C=O) groups is 1. The summed E-state index contributed by atoms with van der Waals surface area (Å²) in [5.74, 6) is 0.129. The summed E-state index contributed by atoms with van der Waals surface area (Å²) in [5, 5.41) is 16.1. The summed E-state index contributed by atoms with van der Waals surface area (Å²) in [4.78, 5) is 22.9. The van der Waals surface area contributed by atoms with Crippen molar-refractivity contribution in [3.63, 3.8) is 0 Å². The Bertz CT molecular complexity index is 1290. The summed E-state index contributed by atoms with van der Waals surface area (Å²) in [7, 11) is 2.13. The van der Waals surface area contributed by atoms with Crippen molar-refractivity contribution in [2.75, 3.05) is 55.4 Å². The van der Waals surface area contributed by atoms with Gasteiger partial charge in [-0.1, -0.05) is 6.07 Å². The highest BCUT2D eigenvalue weighted by atomic mass is 16.5. The Morgan fingerprint density at radius 1 is 1.11 bits per heavy atom. The summed E-state index contributed by atoms with van der Waals surface area (Å²) in [6.45, 7) is 6.18. The van der Waals surface area contributed by atoms with Crippen molar-refractivity contribution >= 4 is 23.0 Å². The van der Waals surface area contributed by atoms with Crippen molar-refractivity contribution in [2.45, 2.75) is 12.5 Å². The Hall–Kier alpha value is -4.09. The van der Waals surface area contributed by atoms with E-state index in [1.165, 1.54) is 0 Å². The second-order valence-corrected chi connectivity index (χ2v) is 8.83. The molecule has 8 nitrogen and oxygen atoms in total. The van der Waals surface area contributed by atoms with Gasteiger partial charge in [-0.25, -0.2) is 4.98 Å². The molecule has 0 bridgehead atoms. The summed E-state index contributed by atoms with van der Waals surface area (Å²) in [6, 6.07) is 19.2. The minimum absolute atomic E-state index is 0.249. The van der Waals surface area contributed by atoms with Gasteiger partial charge in [-0.05, 0) is 62.5 Å². The van der Waals surface area contributed by atoms with Gasteiger partial charge in [-0.2, -0.15) is 5.26 Å². The predicted molar refractivity (Wildman–Crippen MR) is 136 cm³/mol. The number of ether oxygens (including phenoxy) is 1. The van der Waals surface area contributed by atoms with Crippen LogP contribution in [0.5, 0.6) is 5.88 Å². The van der Waals surface area contributed by atoms with Crippen LogP contribution in [0.4, 0.5) is 17.1 Å². The summed E-state index contributed by atoms with van der Waals surface area (Å²) in [5.41, 5.74) is 2.96. The number of nitriles is 1. The molecule has 35 heavy (non-hydrogen) atoms. The predicted octanol–water partition coefficient (Wildman–Crippen LogP) is 3.41. The van der Waals surface area contributed by atoms with Crippen molar-refractivity contribution in [3.05, 3.63) is 77.5 Å². The lowest BCUT2D eigenvalue weighted by molar-refractivity contribution is -0.118. The molecule has 1 atom stereocenters. The number of fused-ring (bicyclic) bond motifs is 1. The Kier molecular flexibility index (Phi) is 6.01. The topological polar surface area (TPSA) is 93.5 Å². The second-order valence-electron chi connectivity index (χ2n) is 8.83. The highest BCUT2D eigenvalue weighted by Crippen LogP contribution is 2.46. The number of hydrogen-bond acceptors (Lipinski definition) is 7. The highest BCUT2D eigenvalue weighted by molar-refractivity contribution is 6.10. The largest absolute Gasteiger partial charge is 0.478 e. The lowest BCUT2D eigenvalue weighted by Crippen LogP contribution is -2.45. The summed E-state index contributed by atoms with van der Waals surface area (Å²) < 4.78 is 5.85. The monoisotopic (exact) mass is 468 g/mol. The van der Waals surface area contributed by atoms with Crippen LogP contribution < -0.4 is 20.3 Å². The number of rotatable bonds is 6. The molecule has 3 heterocycles. The molecule has 0 radical (unpaired) electrons. The van der Waals surface area contributed by atoms with Gasteiger partial charge in [0, 0.05) is 55.0 Å². The van der Waals surface area contributed by atoms with E-state index < -0.39 is 5.54 Å². The van der Waals surface area contributed by atoms with Crippen LogP contribution in [-0.4, -0.2) is 55.6 Å². The molecule has 1 saturated heterocycles. The molecule has 1 aromatic heterocycles. The first-order valence-electron chi connectivity index (χ1n) is 11.8. The van der Waals surface area contributed by atoms with Gasteiger partial charge in [-0.3, -0.25) is 4.79 Å². The molecule has 8 heteroatoms. The average Bonchev–Trinajstić information content (AvgIpc) is 3.16. The van der Waals surface area contributed by atoms with E-state index in [2.05, 4.69) is 50.7 Å². The molecule has 178 valence electrons. The van der Waals surface area contributed by atoms with Crippen LogP contribution in [0.15, 0.2) is 60.8 Å². The molecule has 2 aliphatic heterocycles. The van der Waals surface area contributed by atoms with Crippen molar-refractivity contribution in [3.8, 4) is 11.9 Å². The van der Waals surface area contributed by atoms with E-state index >= 15 is 0 Å². The average molecular weight is 469 g/mol. The number of carbonyl (C=O) groups excluding carboxylic acids is 1. The van der Waals surface area contributed by atoms with Gasteiger partial charge in [0.05, 0.1) is 23.8 Å². The van der Waals surface area contributed by atoms with E-state index in [1.807, 2.05) is 25.1 Å². The van der Waals surface area contributed by atoms with Crippen LogP contribution in [-0.2, 0) is 10.3 Å². The lowest BCUT2D eigenvalue weighted by Gasteiger charge is -2.35. The van der Waals surface area contributed by atoms with Gasteiger partial charge in [-0.15, -0.1) is 0 Å². The number of pyridine rings is 1. The maximum Gasteiger partial charge on any atom is 0.259 e. The third kappa shape index (κ3) is 4.04. The zero-order valence-electron chi connectivity index (χ0n) is 19.9. The molecular weight excluding hydrogens is 440 g/mol. The Labute approximate surface area is 205 Å². The zero-order valence-corrected chi connectivity index (χ0v) is 19.9.